The van der Waals surface area contributed by atoms with E-state index in [4.69, 9.17) is 23.9 Å². The number of hydrogen-bond donors (Lipinski definition) is 1. The van der Waals surface area contributed by atoms with Crippen molar-refractivity contribution in [3.05, 3.63) is 42.0 Å². The van der Waals surface area contributed by atoms with Crippen molar-refractivity contribution in [3.8, 4) is 11.6 Å². The molecule has 9 rings (SSSR count). The number of ketones is 1. The Bertz CT molecular complexity index is 2390. The Balaban J connectivity index is 1.05. The maximum absolute atomic E-state index is 15.1. The molecule has 0 spiro atoms. The first kappa shape index (κ1) is 48.0. The number of nitrogens with one attached hydrogen (secondary N) is 1. The van der Waals surface area contributed by atoms with Crippen LogP contribution >= 0.6 is 0 Å². The number of Topliss-reactive ketones (excluding diaryl/α,β-unsaturated/α-hetero) is 1. The molecular formula is C53H73N3O10S. The van der Waals surface area contributed by atoms with Crippen LogP contribution in [0.1, 0.15) is 155 Å². The van der Waals surface area contributed by atoms with Crippen molar-refractivity contribution in [2.45, 2.75) is 179 Å². The predicted octanol–water partition coefficient (Wildman–Crippen LogP) is 8.54. The highest BCUT2D eigenvalue weighted by Crippen LogP contribution is 2.57. The number of esters is 1. The zero-order valence-corrected chi connectivity index (χ0v) is 41.4. The van der Waals surface area contributed by atoms with Gasteiger partial charge >= 0.3 is 5.97 Å². The molecule has 2 saturated heterocycles. The Kier molecular flexibility index (Phi) is 13.2. The van der Waals surface area contributed by atoms with Crippen LogP contribution in [-0.4, -0.2) is 90.7 Å². The van der Waals surface area contributed by atoms with Gasteiger partial charge in [0.1, 0.15) is 18.0 Å². The fraction of sp³-hybridized carbons (Fsp3) is 0.717. The minimum absolute atomic E-state index is 0.0486. The van der Waals surface area contributed by atoms with Crippen LogP contribution in [0.3, 0.4) is 0 Å². The first-order chi connectivity index (χ1) is 31.8. The summed E-state index contributed by atoms with van der Waals surface area (Å²) < 4.78 is 53.6. The fourth-order valence-electron chi connectivity index (χ4n) is 11.6. The summed E-state index contributed by atoms with van der Waals surface area (Å²) in [5, 5.41) is 0.927. The van der Waals surface area contributed by atoms with Crippen LogP contribution in [0.4, 0.5) is 0 Å². The molecule has 366 valence electrons. The Hall–Kier alpha value is -4.04. The van der Waals surface area contributed by atoms with Gasteiger partial charge in [0.15, 0.2) is 5.78 Å². The number of pyridine rings is 1. The monoisotopic (exact) mass is 944 g/mol. The standard InChI is InChI=1S/C53H73N3O10S/c1-8-36-27-53(36,50(60)55-67(61,62)52(7)18-19-52)28-44(57)43-25-38-29-56(43)49(59)41(51(4,5)6)26-46(58)66-45-24-34(45)13-10-9-11-15-40-47(63-20-12-14-33-21-37-22-35(33)30-64-37)39-17-16-32(31(2)3)23-42(39)54-48(40)65-38/h8,16-17,23,31,33-38,41,43,45H,1,9-15,18-22,24-30H2,2-7H3,(H,55,60)/t33?,34-,35+,36-,37-,38-,41-,43+,45-,53-/m1/s1. The third kappa shape index (κ3) is 9.91. The number of amides is 2. The zero-order chi connectivity index (χ0) is 47.6. The van der Waals surface area contributed by atoms with E-state index < -0.39 is 61.5 Å². The summed E-state index contributed by atoms with van der Waals surface area (Å²) in [7, 11) is -3.97. The summed E-state index contributed by atoms with van der Waals surface area (Å²) >= 11 is 0. The summed E-state index contributed by atoms with van der Waals surface area (Å²) in [4.78, 5) is 64.4. The molecule has 1 aromatic carbocycles. The number of carbonyl (C=O) groups excluding carboxylic acids is 4. The second-order valence-corrected chi connectivity index (χ2v) is 25.2. The average molecular weight is 944 g/mol. The average Bonchev–Trinajstić information content (AvgIpc) is 4.20. The van der Waals surface area contributed by atoms with Gasteiger partial charge < -0.3 is 23.8 Å². The Labute approximate surface area is 397 Å². The van der Waals surface area contributed by atoms with Crippen molar-refractivity contribution >= 4 is 44.5 Å². The van der Waals surface area contributed by atoms with Crippen LogP contribution in [0.5, 0.6) is 11.6 Å². The molecule has 7 aliphatic rings. The molecule has 4 aliphatic carbocycles. The highest BCUT2D eigenvalue weighted by molar-refractivity contribution is 7.91. The highest BCUT2D eigenvalue weighted by Gasteiger charge is 2.63. The van der Waals surface area contributed by atoms with Crippen molar-refractivity contribution < 1.29 is 46.5 Å². The Morgan fingerprint density at radius 3 is 2.51 bits per heavy atom. The summed E-state index contributed by atoms with van der Waals surface area (Å²) in [6, 6.07) is 5.37. The van der Waals surface area contributed by atoms with E-state index in [1.54, 1.807) is 17.9 Å². The second-order valence-electron chi connectivity index (χ2n) is 23.1. The summed E-state index contributed by atoms with van der Waals surface area (Å²) in [5.74, 6) is -0.0439. The van der Waals surface area contributed by atoms with E-state index in [2.05, 4.69) is 43.3 Å². The first-order valence-electron chi connectivity index (χ1n) is 25.4. The molecular weight excluding hydrogens is 871 g/mol. The fourth-order valence-corrected chi connectivity index (χ4v) is 13.0. The Morgan fingerprint density at radius 2 is 1.84 bits per heavy atom. The van der Waals surface area contributed by atoms with Gasteiger partial charge in [-0.2, -0.15) is 0 Å². The van der Waals surface area contributed by atoms with Crippen molar-refractivity contribution in [1.82, 2.24) is 14.6 Å². The van der Waals surface area contributed by atoms with Crippen LogP contribution in [0.2, 0.25) is 0 Å². The smallest absolute Gasteiger partial charge is 0.306 e. The quantitative estimate of drug-likeness (QED) is 0.116. The minimum Gasteiger partial charge on any atom is -0.492 e. The molecule has 1 aromatic heterocycles. The van der Waals surface area contributed by atoms with Crippen molar-refractivity contribution in [1.29, 1.82) is 0 Å². The lowest BCUT2D eigenvalue weighted by atomic mass is 9.77. The van der Waals surface area contributed by atoms with Gasteiger partial charge in [0.2, 0.25) is 27.7 Å². The van der Waals surface area contributed by atoms with Crippen LogP contribution in [0.25, 0.3) is 10.9 Å². The number of carbonyl (C=O) groups is 4. The number of benzene rings is 1. The van der Waals surface area contributed by atoms with E-state index in [0.29, 0.717) is 55.6 Å². The SMILES string of the molecule is C=C[C@@H]1C[C@]1(CC(=O)[C@@H]1C[C@@H]2CN1C(=O)[C@H](C(C)(C)C)CC(=O)O[C@@H]1C[C@H]1CCCCCc1c(nc3cc(C(C)C)ccc3c1OCCCC1C[C@@H]3C[C@H]1CO3)O2)C(=O)NS(=O)(=O)C1(C)CC1. The highest BCUT2D eigenvalue weighted by atomic mass is 32.2. The van der Waals surface area contributed by atoms with Crippen LogP contribution < -0.4 is 14.2 Å². The van der Waals surface area contributed by atoms with Gasteiger partial charge in [-0.3, -0.25) is 23.9 Å². The third-order valence-electron chi connectivity index (χ3n) is 16.7. The summed E-state index contributed by atoms with van der Waals surface area (Å²) in [5.41, 5.74) is 0.774. The first-order valence-corrected chi connectivity index (χ1v) is 26.9. The van der Waals surface area contributed by atoms with Gasteiger partial charge in [-0.05, 0) is 130 Å². The van der Waals surface area contributed by atoms with E-state index >= 15 is 4.79 Å². The zero-order valence-electron chi connectivity index (χ0n) is 40.6. The lowest BCUT2D eigenvalue weighted by Gasteiger charge is -2.34. The summed E-state index contributed by atoms with van der Waals surface area (Å²) in [6.45, 7) is 17.0. The number of ether oxygens (including phenoxy) is 4. The molecule has 4 saturated carbocycles. The molecule has 1 N–H and O–H groups in total. The van der Waals surface area contributed by atoms with E-state index in [0.717, 1.165) is 85.8 Å². The molecule has 2 aromatic rings. The minimum atomic E-state index is -3.97. The van der Waals surface area contributed by atoms with Crippen molar-refractivity contribution in [3.63, 3.8) is 0 Å². The number of hydrogen-bond acceptors (Lipinski definition) is 11. The van der Waals surface area contributed by atoms with Gasteiger partial charge in [0, 0.05) is 18.2 Å². The van der Waals surface area contributed by atoms with Gasteiger partial charge in [0.25, 0.3) is 0 Å². The number of nitrogens with zero attached hydrogens (tertiary/aromatic N) is 2. The molecule has 1 unspecified atom stereocenters. The predicted molar refractivity (Wildman–Crippen MR) is 254 cm³/mol. The maximum Gasteiger partial charge on any atom is 0.306 e. The molecule has 67 heavy (non-hydrogen) atoms. The lowest BCUT2D eigenvalue weighted by molar-refractivity contribution is -0.154. The third-order valence-corrected chi connectivity index (χ3v) is 18.9. The topological polar surface area (TPSA) is 168 Å². The number of allylic oxidation sites excluding steroid dienone is 1. The maximum atomic E-state index is 15.1. The second kappa shape index (κ2) is 18.4. The molecule has 3 aliphatic heterocycles. The van der Waals surface area contributed by atoms with E-state index in [-0.39, 0.29) is 55.9 Å². The molecule has 6 fully saturated rings. The molecule has 10 atom stereocenters. The molecule has 13 nitrogen and oxygen atoms in total. The largest absolute Gasteiger partial charge is 0.492 e. The van der Waals surface area contributed by atoms with Crippen LogP contribution in [0.15, 0.2) is 30.9 Å². The normalized spacial score (nSPS) is 32.6. The van der Waals surface area contributed by atoms with E-state index in [9.17, 15) is 22.8 Å². The molecule has 0 radical (unpaired) electrons. The summed E-state index contributed by atoms with van der Waals surface area (Å²) in [6.07, 6.45) is 11.6. The number of rotatable bonds is 13. The molecule has 2 amide bonds. The van der Waals surface area contributed by atoms with E-state index in [1.165, 1.54) is 6.42 Å². The Morgan fingerprint density at radius 1 is 1.04 bits per heavy atom. The van der Waals surface area contributed by atoms with Gasteiger partial charge in [-0.25, -0.2) is 13.4 Å². The number of aromatic nitrogens is 1. The van der Waals surface area contributed by atoms with Crippen LogP contribution in [-0.2, 0) is 45.1 Å². The van der Waals surface area contributed by atoms with Gasteiger partial charge in [0.05, 0.1) is 65.5 Å². The van der Waals surface area contributed by atoms with Gasteiger partial charge in [-0.15, -0.1) is 6.58 Å². The molecule has 4 heterocycles. The van der Waals surface area contributed by atoms with Gasteiger partial charge in [-0.1, -0.05) is 59.6 Å². The molecule has 14 heteroatoms. The molecule has 4 bridgehead atoms. The number of fused-ring (bicyclic) bond motifs is 7. The van der Waals surface area contributed by atoms with Crippen molar-refractivity contribution in [2.24, 2.45) is 40.4 Å². The van der Waals surface area contributed by atoms with Crippen LogP contribution in [0, 0.1) is 40.4 Å². The lowest BCUT2D eigenvalue weighted by Crippen LogP contribution is -2.49. The van der Waals surface area contributed by atoms with Crippen molar-refractivity contribution in [2.75, 3.05) is 19.8 Å². The van der Waals surface area contributed by atoms with E-state index in [1.807, 2.05) is 20.8 Å². The number of sulfonamides is 1.